The van der Waals surface area contributed by atoms with Gasteiger partial charge in [-0.2, -0.15) is 0 Å². The van der Waals surface area contributed by atoms with E-state index in [9.17, 15) is 4.48 Å². The fourth-order valence-corrected chi connectivity index (χ4v) is 3.52. The van der Waals surface area contributed by atoms with Gasteiger partial charge in [-0.1, -0.05) is 30.3 Å². The third-order valence-corrected chi connectivity index (χ3v) is 4.81. The van der Waals surface area contributed by atoms with Crippen molar-refractivity contribution in [2.45, 2.75) is 0 Å². The Labute approximate surface area is 142 Å². The molecular formula is C19H13FN2OS. The summed E-state index contributed by atoms with van der Waals surface area (Å²) in [5.41, 5.74) is 4.06. The van der Waals surface area contributed by atoms with Crippen molar-refractivity contribution in [3.8, 4) is 21.9 Å². The maximum Gasteiger partial charge on any atom is 0.148 e. The largest absolute Gasteiger partial charge is 0.456 e. The van der Waals surface area contributed by atoms with E-state index in [-0.39, 0.29) is 0 Å². The van der Waals surface area contributed by atoms with E-state index >= 15 is 0 Å². The number of ether oxygens (including phenoxy) is 1. The molecule has 0 aliphatic rings. The van der Waals surface area contributed by atoms with Crippen LogP contribution in [-0.4, -0.2) is 4.98 Å². The number of hydrogen-bond donors (Lipinski definition) is 1. The Bertz CT molecular complexity index is 968. The second kappa shape index (κ2) is 6.29. The van der Waals surface area contributed by atoms with Gasteiger partial charge in [-0.05, 0) is 35.9 Å². The van der Waals surface area contributed by atoms with Gasteiger partial charge < -0.3 is 4.74 Å². The van der Waals surface area contributed by atoms with Gasteiger partial charge in [0, 0.05) is 17.1 Å². The number of hydrogen-bond acceptors (Lipinski definition) is 4. The summed E-state index contributed by atoms with van der Waals surface area (Å²) in [4.78, 5) is 5.57. The van der Waals surface area contributed by atoms with E-state index in [2.05, 4.69) is 23.2 Å². The van der Waals surface area contributed by atoms with Crippen LogP contribution < -0.4 is 10.3 Å². The van der Waals surface area contributed by atoms with Gasteiger partial charge in [-0.3, -0.25) is 4.98 Å². The molecule has 0 saturated carbocycles. The van der Waals surface area contributed by atoms with Gasteiger partial charge in [0.2, 0.25) is 0 Å². The quantitative estimate of drug-likeness (QED) is 0.460. The lowest BCUT2D eigenvalue weighted by Gasteiger charge is -2.06. The molecule has 0 aliphatic heterocycles. The molecule has 3 nitrogen and oxygen atoms in total. The fourth-order valence-electron chi connectivity index (χ4n) is 2.45. The maximum atomic E-state index is 12.4. The Morgan fingerprint density at radius 1 is 0.958 bits per heavy atom. The second-order valence-electron chi connectivity index (χ2n) is 5.22. The van der Waals surface area contributed by atoms with E-state index < -0.39 is 0 Å². The molecule has 24 heavy (non-hydrogen) atoms. The predicted octanol–water partition coefficient (Wildman–Crippen LogP) is 6.05. The van der Waals surface area contributed by atoms with Crippen LogP contribution in [0.15, 0.2) is 72.9 Å². The third kappa shape index (κ3) is 2.81. The number of rotatable bonds is 4. The van der Waals surface area contributed by atoms with Crippen LogP contribution in [0.5, 0.6) is 11.5 Å². The van der Waals surface area contributed by atoms with E-state index in [0.717, 1.165) is 26.4 Å². The molecule has 1 N–H and O–H groups in total. The molecule has 2 aromatic heterocycles. The third-order valence-electron chi connectivity index (χ3n) is 3.63. The van der Waals surface area contributed by atoms with Crippen molar-refractivity contribution in [3.05, 3.63) is 72.9 Å². The van der Waals surface area contributed by atoms with E-state index in [4.69, 9.17) is 4.74 Å². The molecule has 4 aromatic rings. The molecule has 118 valence electrons. The number of nitrogens with zero attached hydrogens (tertiary/aromatic N) is 1. The van der Waals surface area contributed by atoms with Crippen LogP contribution in [0.2, 0.25) is 0 Å². The minimum Gasteiger partial charge on any atom is -0.456 e. The smallest absolute Gasteiger partial charge is 0.148 e. The molecule has 0 spiro atoms. The molecule has 0 fully saturated rings. The van der Waals surface area contributed by atoms with Crippen molar-refractivity contribution in [1.29, 1.82) is 0 Å². The number of halogens is 1. The highest BCUT2D eigenvalue weighted by atomic mass is 32.1. The van der Waals surface area contributed by atoms with Crippen molar-refractivity contribution in [2.75, 3.05) is 5.54 Å². The SMILES string of the molecule is FNc1ccc(Oc2ccnc3cc(-c4ccccc4)sc23)cc1. The average molecular weight is 336 g/mol. The van der Waals surface area contributed by atoms with E-state index in [1.54, 1.807) is 47.3 Å². The van der Waals surface area contributed by atoms with E-state index in [0.29, 0.717) is 11.4 Å². The highest BCUT2D eigenvalue weighted by molar-refractivity contribution is 7.22. The number of fused-ring (bicyclic) bond motifs is 1. The van der Waals surface area contributed by atoms with Gasteiger partial charge >= 0.3 is 0 Å². The lowest BCUT2D eigenvalue weighted by atomic mass is 10.2. The van der Waals surface area contributed by atoms with Crippen LogP contribution >= 0.6 is 11.3 Å². The average Bonchev–Trinajstić information content (AvgIpc) is 3.08. The molecule has 0 radical (unpaired) electrons. The Balaban J connectivity index is 1.71. The molecule has 5 heteroatoms. The first-order chi connectivity index (χ1) is 11.8. The van der Waals surface area contributed by atoms with Gasteiger partial charge in [0.05, 0.1) is 15.9 Å². The topological polar surface area (TPSA) is 34.1 Å². The van der Waals surface area contributed by atoms with Gasteiger partial charge in [-0.15, -0.1) is 15.8 Å². The van der Waals surface area contributed by atoms with Crippen LogP contribution in [0.4, 0.5) is 10.2 Å². The zero-order chi connectivity index (χ0) is 16.4. The van der Waals surface area contributed by atoms with Crippen molar-refractivity contribution in [2.24, 2.45) is 0 Å². The monoisotopic (exact) mass is 336 g/mol. The first-order valence-corrected chi connectivity index (χ1v) is 8.24. The zero-order valence-corrected chi connectivity index (χ0v) is 13.4. The maximum absolute atomic E-state index is 12.4. The van der Waals surface area contributed by atoms with Gasteiger partial charge in [0.1, 0.15) is 11.5 Å². The summed E-state index contributed by atoms with van der Waals surface area (Å²) in [6, 6.07) is 20.8. The summed E-state index contributed by atoms with van der Waals surface area (Å²) in [5.74, 6) is 1.39. The van der Waals surface area contributed by atoms with Crippen LogP contribution in [0.25, 0.3) is 20.7 Å². The first-order valence-electron chi connectivity index (χ1n) is 7.42. The number of thiophene rings is 1. The van der Waals surface area contributed by atoms with Crippen LogP contribution in [-0.2, 0) is 0 Å². The van der Waals surface area contributed by atoms with Crippen LogP contribution in [0, 0.1) is 0 Å². The zero-order valence-electron chi connectivity index (χ0n) is 12.6. The van der Waals surface area contributed by atoms with Crippen LogP contribution in [0.1, 0.15) is 0 Å². The molecule has 2 aromatic carbocycles. The summed E-state index contributed by atoms with van der Waals surface area (Å²) < 4.78 is 19.3. The highest BCUT2D eigenvalue weighted by Gasteiger charge is 2.10. The molecule has 0 unspecified atom stereocenters. The number of anilines is 1. The molecule has 0 saturated heterocycles. The standard InChI is InChI=1S/C19H13FN2OS/c20-22-14-6-8-15(9-7-14)23-17-10-11-21-16-12-18(24-19(16)17)13-4-2-1-3-5-13/h1-12,22H. The lowest BCUT2D eigenvalue weighted by Crippen LogP contribution is -1.86. The Morgan fingerprint density at radius 3 is 2.50 bits per heavy atom. The number of nitrogens with one attached hydrogen (secondary N) is 1. The predicted molar refractivity (Wildman–Crippen MR) is 96.3 cm³/mol. The highest BCUT2D eigenvalue weighted by Crippen LogP contribution is 2.39. The van der Waals surface area contributed by atoms with E-state index in [1.807, 2.05) is 24.3 Å². The fraction of sp³-hybridized carbons (Fsp3) is 0. The van der Waals surface area contributed by atoms with Gasteiger partial charge in [0.25, 0.3) is 0 Å². The first kappa shape index (κ1) is 14.7. The summed E-state index contributed by atoms with van der Waals surface area (Å²) in [5, 5.41) is 0. The number of aromatic nitrogens is 1. The number of pyridine rings is 1. The molecule has 0 bridgehead atoms. The molecule has 0 aliphatic carbocycles. The van der Waals surface area contributed by atoms with Crippen molar-refractivity contribution in [1.82, 2.24) is 4.98 Å². The van der Waals surface area contributed by atoms with Gasteiger partial charge in [-0.25, -0.2) is 5.54 Å². The molecule has 2 heterocycles. The minimum absolute atomic E-state index is 0.393. The molecule has 0 atom stereocenters. The van der Waals surface area contributed by atoms with Crippen molar-refractivity contribution < 1.29 is 9.22 Å². The minimum atomic E-state index is 0.393. The molecule has 0 amide bonds. The van der Waals surface area contributed by atoms with Gasteiger partial charge in [0.15, 0.2) is 0 Å². The molecular weight excluding hydrogens is 323 g/mol. The van der Waals surface area contributed by atoms with Crippen molar-refractivity contribution >= 4 is 27.2 Å². The summed E-state index contributed by atoms with van der Waals surface area (Å²) in [6.45, 7) is 0. The van der Waals surface area contributed by atoms with Crippen LogP contribution in [0.3, 0.4) is 0 Å². The Kier molecular flexibility index (Phi) is 3.84. The Hall–Kier alpha value is -2.92. The lowest BCUT2D eigenvalue weighted by molar-refractivity contribution is 0.488. The summed E-state index contributed by atoms with van der Waals surface area (Å²) >= 11 is 1.64. The molecule has 4 rings (SSSR count). The summed E-state index contributed by atoms with van der Waals surface area (Å²) in [7, 11) is 0. The Morgan fingerprint density at radius 2 is 1.75 bits per heavy atom. The summed E-state index contributed by atoms with van der Waals surface area (Å²) in [6.07, 6.45) is 1.73. The second-order valence-corrected chi connectivity index (χ2v) is 6.27. The normalized spacial score (nSPS) is 10.7. The van der Waals surface area contributed by atoms with Crippen molar-refractivity contribution in [3.63, 3.8) is 0 Å². The van der Waals surface area contributed by atoms with E-state index in [1.165, 1.54) is 0 Å². The number of benzene rings is 2.